The molecule has 3 aromatic carbocycles. The lowest BCUT2D eigenvalue weighted by Crippen LogP contribution is -2.63. The zero-order valence-corrected chi connectivity index (χ0v) is 31.5. The third-order valence-electron chi connectivity index (χ3n) is 9.99. The van der Waals surface area contributed by atoms with Gasteiger partial charge in [-0.1, -0.05) is 64.5 Å². The Morgan fingerprint density at radius 1 is 0.840 bits per heavy atom. The molecule has 262 valence electrons. The van der Waals surface area contributed by atoms with Gasteiger partial charge < -0.3 is 14.8 Å². The fourth-order valence-electron chi connectivity index (χ4n) is 7.72. The number of nitrogens with zero attached hydrogens (tertiary/aromatic N) is 1. The van der Waals surface area contributed by atoms with Gasteiger partial charge in [0.05, 0.1) is 22.2 Å². The van der Waals surface area contributed by atoms with Crippen LogP contribution in [0.15, 0.2) is 77.3 Å². The van der Waals surface area contributed by atoms with E-state index in [0.29, 0.717) is 43.4 Å². The Bertz CT molecular complexity index is 1950. The molecule has 8 nitrogen and oxygen atoms in total. The summed E-state index contributed by atoms with van der Waals surface area (Å²) in [6.45, 7) is 13.1. The first kappa shape index (κ1) is 35.6. The van der Waals surface area contributed by atoms with Gasteiger partial charge in [-0.05, 0) is 116 Å². The van der Waals surface area contributed by atoms with E-state index in [0.717, 1.165) is 37.8 Å². The molecule has 7 rings (SSSR count). The zero-order valence-electron chi connectivity index (χ0n) is 29.9. The second kappa shape index (κ2) is 13.1. The van der Waals surface area contributed by atoms with Crippen LogP contribution in [-0.4, -0.2) is 39.7 Å². The number of nitrogens with one attached hydrogen (secondary N) is 2. The van der Waals surface area contributed by atoms with E-state index in [4.69, 9.17) is 14.5 Å². The van der Waals surface area contributed by atoms with Crippen LogP contribution in [0.2, 0.25) is 0 Å². The van der Waals surface area contributed by atoms with E-state index < -0.39 is 28.2 Å². The zero-order chi connectivity index (χ0) is 36.1. The summed E-state index contributed by atoms with van der Waals surface area (Å²) in [5.74, 6) is -0.707. The molecule has 1 heterocycles. The number of ether oxygens (including phenoxy) is 2. The molecule has 3 saturated carbocycles. The van der Waals surface area contributed by atoms with Crippen LogP contribution in [0.4, 0.5) is 10.5 Å². The highest BCUT2D eigenvalue weighted by molar-refractivity contribution is 9.10. The van der Waals surface area contributed by atoms with Gasteiger partial charge in [0.1, 0.15) is 11.2 Å². The number of pyridine rings is 1. The van der Waals surface area contributed by atoms with Crippen LogP contribution < -0.4 is 10.6 Å². The molecule has 2 amide bonds. The van der Waals surface area contributed by atoms with Crippen LogP contribution in [0.3, 0.4) is 0 Å². The second-order valence-electron chi connectivity index (χ2n) is 15.9. The Balaban J connectivity index is 1.45. The fraction of sp³-hybridized carbons (Fsp3) is 0.415. The third-order valence-corrected chi connectivity index (χ3v) is 10.5. The van der Waals surface area contributed by atoms with E-state index in [9.17, 15) is 14.4 Å². The molecule has 9 heteroatoms. The highest BCUT2D eigenvalue weighted by Gasteiger charge is 2.60. The Morgan fingerprint density at radius 2 is 1.48 bits per heavy atom. The maximum absolute atomic E-state index is 14.9. The lowest BCUT2D eigenvalue weighted by atomic mass is 9.51. The number of aromatic nitrogens is 1. The summed E-state index contributed by atoms with van der Waals surface area (Å²) in [6, 6.07) is 23.3. The molecule has 0 spiro atoms. The number of fused-ring (bicyclic) bond motifs is 4. The van der Waals surface area contributed by atoms with Gasteiger partial charge >= 0.3 is 12.1 Å². The molecule has 3 fully saturated rings. The van der Waals surface area contributed by atoms with Crippen molar-refractivity contribution in [1.82, 2.24) is 10.3 Å². The molecule has 0 radical (unpaired) electrons. The van der Waals surface area contributed by atoms with Gasteiger partial charge in [0.15, 0.2) is 0 Å². The predicted molar refractivity (Wildman–Crippen MR) is 200 cm³/mol. The normalized spacial score (nSPS) is 21.8. The molecule has 0 saturated heterocycles. The summed E-state index contributed by atoms with van der Waals surface area (Å²) in [5, 5.41) is 7.28. The van der Waals surface area contributed by atoms with Crippen LogP contribution in [0.1, 0.15) is 101 Å². The van der Waals surface area contributed by atoms with Crippen molar-refractivity contribution >= 4 is 50.5 Å². The van der Waals surface area contributed by atoms with E-state index in [2.05, 4.69) is 26.6 Å². The number of anilines is 1. The largest absolute Gasteiger partial charge is 0.460 e. The minimum atomic E-state index is -0.714. The Hall–Kier alpha value is -4.24. The molecular formula is C41H46BrN3O5. The van der Waals surface area contributed by atoms with Crippen LogP contribution in [0.25, 0.3) is 22.2 Å². The Morgan fingerprint density at radius 3 is 2.14 bits per heavy atom. The molecule has 0 aliphatic heterocycles. The van der Waals surface area contributed by atoms with E-state index in [1.807, 2.05) is 121 Å². The maximum Gasteiger partial charge on any atom is 0.412 e. The lowest BCUT2D eigenvalue weighted by molar-refractivity contribution is -0.176. The van der Waals surface area contributed by atoms with E-state index in [1.54, 1.807) is 0 Å². The van der Waals surface area contributed by atoms with Gasteiger partial charge in [0, 0.05) is 32.6 Å². The number of hydrogen-bond acceptors (Lipinski definition) is 6. The molecule has 3 aliphatic carbocycles. The van der Waals surface area contributed by atoms with Crippen molar-refractivity contribution in [3.05, 3.63) is 94.0 Å². The number of carbonyl (C=O) groups excluding carboxylic acids is 3. The van der Waals surface area contributed by atoms with Gasteiger partial charge in [0.2, 0.25) is 0 Å². The minimum Gasteiger partial charge on any atom is -0.460 e. The molecule has 2 bridgehead atoms. The number of halogens is 1. The van der Waals surface area contributed by atoms with Crippen LogP contribution in [0.5, 0.6) is 0 Å². The van der Waals surface area contributed by atoms with Gasteiger partial charge in [-0.25, -0.2) is 9.78 Å². The van der Waals surface area contributed by atoms with Gasteiger partial charge in [0.25, 0.3) is 5.91 Å². The third kappa shape index (κ3) is 7.15. The molecule has 1 unspecified atom stereocenters. The van der Waals surface area contributed by atoms with Crippen molar-refractivity contribution < 1.29 is 23.9 Å². The summed E-state index contributed by atoms with van der Waals surface area (Å²) in [5.41, 5.74) is 2.46. The van der Waals surface area contributed by atoms with E-state index in [1.165, 1.54) is 0 Å². The quantitative estimate of drug-likeness (QED) is 0.191. The number of benzene rings is 3. The predicted octanol–water partition coefficient (Wildman–Crippen LogP) is 9.88. The van der Waals surface area contributed by atoms with E-state index >= 15 is 0 Å². The van der Waals surface area contributed by atoms with Gasteiger partial charge in [-0.2, -0.15) is 0 Å². The van der Waals surface area contributed by atoms with Crippen molar-refractivity contribution in [3.63, 3.8) is 0 Å². The summed E-state index contributed by atoms with van der Waals surface area (Å²) in [6.07, 6.45) is 2.20. The highest BCUT2D eigenvalue weighted by Crippen LogP contribution is 2.60. The molecule has 50 heavy (non-hydrogen) atoms. The maximum atomic E-state index is 14.9. The number of esters is 1. The highest BCUT2D eigenvalue weighted by atomic mass is 79.9. The first-order valence-electron chi connectivity index (χ1n) is 17.3. The number of amides is 2. The first-order chi connectivity index (χ1) is 23.5. The SMILES string of the molecule is Cc1c(-c2ccccc2)nc2ccc(Br)cc2c1C(=O)NC12CCC(C(=O)OC(C)(C)C)(CC1)CC2c1ccccc1NC(=O)OC(C)(C)C. The van der Waals surface area contributed by atoms with Gasteiger partial charge in [-0.15, -0.1) is 0 Å². The van der Waals surface area contributed by atoms with Gasteiger partial charge in [-0.3, -0.25) is 14.9 Å². The van der Waals surface area contributed by atoms with E-state index in [-0.39, 0.29) is 17.8 Å². The monoisotopic (exact) mass is 739 g/mol. The number of hydrogen-bond donors (Lipinski definition) is 2. The number of rotatable bonds is 6. The number of carbonyl (C=O) groups is 3. The molecule has 3 aliphatic rings. The lowest BCUT2D eigenvalue weighted by Gasteiger charge is -2.57. The van der Waals surface area contributed by atoms with Crippen LogP contribution in [0, 0.1) is 12.3 Å². The summed E-state index contributed by atoms with van der Waals surface area (Å²) >= 11 is 3.61. The standard InChI is InChI=1S/C41H46BrN3O5/c1-25-33(29-23-27(42)17-18-32(29)43-34(25)26-13-9-8-10-14-26)35(46)45-41-21-19-40(20-22-41,36(47)49-38(2,3)4)24-30(41)28-15-11-12-16-31(28)44-37(48)50-39(5,6)7/h8-18,23,30H,19-22,24H2,1-7H3,(H,44,48)(H,45,46). The topological polar surface area (TPSA) is 107 Å². The minimum absolute atomic E-state index is 0.195. The first-order valence-corrected chi connectivity index (χ1v) is 18.1. The fourth-order valence-corrected chi connectivity index (χ4v) is 8.09. The van der Waals surface area contributed by atoms with Crippen molar-refractivity contribution in [2.75, 3.05) is 5.32 Å². The molecule has 2 N–H and O–H groups in total. The number of para-hydroxylation sites is 1. The van der Waals surface area contributed by atoms with Crippen molar-refractivity contribution in [2.45, 2.75) is 103 Å². The smallest absolute Gasteiger partial charge is 0.412 e. The molecule has 1 atom stereocenters. The second-order valence-corrected chi connectivity index (χ2v) is 16.8. The Labute approximate surface area is 302 Å². The molecule has 4 aromatic rings. The average molecular weight is 741 g/mol. The van der Waals surface area contributed by atoms with Crippen molar-refractivity contribution in [2.24, 2.45) is 5.41 Å². The Kier molecular flexibility index (Phi) is 9.35. The van der Waals surface area contributed by atoms with Crippen LogP contribution in [-0.2, 0) is 14.3 Å². The van der Waals surface area contributed by atoms with Crippen molar-refractivity contribution in [1.29, 1.82) is 0 Å². The average Bonchev–Trinajstić information content (AvgIpc) is 3.04. The van der Waals surface area contributed by atoms with Crippen LogP contribution >= 0.6 is 15.9 Å². The summed E-state index contributed by atoms with van der Waals surface area (Å²) in [4.78, 5) is 46.9. The molecular weight excluding hydrogens is 694 g/mol. The summed E-state index contributed by atoms with van der Waals surface area (Å²) < 4.78 is 12.5. The van der Waals surface area contributed by atoms with Crippen molar-refractivity contribution in [3.8, 4) is 11.3 Å². The summed E-state index contributed by atoms with van der Waals surface area (Å²) in [7, 11) is 0. The molecule has 1 aromatic heterocycles.